The first kappa shape index (κ1) is 22.3. The summed E-state index contributed by atoms with van der Waals surface area (Å²) in [6, 6.07) is 26.6. The summed E-state index contributed by atoms with van der Waals surface area (Å²) in [5.74, 6) is 0. The zero-order chi connectivity index (χ0) is 23.8. The molecular formula is C33H29ClSi. The van der Waals surface area contributed by atoms with Gasteiger partial charge < -0.3 is 0 Å². The molecule has 0 atom stereocenters. The van der Waals surface area contributed by atoms with E-state index < -0.39 is 7.38 Å². The molecule has 2 heteroatoms. The summed E-state index contributed by atoms with van der Waals surface area (Å²) >= 11 is 8.02. The van der Waals surface area contributed by atoms with E-state index in [1.165, 1.54) is 43.8 Å². The Morgan fingerprint density at radius 1 is 0.629 bits per heavy atom. The summed E-state index contributed by atoms with van der Waals surface area (Å²) in [6.45, 7) is 2.26. The van der Waals surface area contributed by atoms with Crippen LogP contribution in [0.2, 0.25) is 11.1 Å². The van der Waals surface area contributed by atoms with Gasteiger partial charge in [-0.15, -0.1) is 0 Å². The summed E-state index contributed by atoms with van der Waals surface area (Å²) < 4.78 is 0. The maximum absolute atomic E-state index is 8.02. The predicted octanol–water partition coefficient (Wildman–Crippen LogP) is 9.08. The van der Waals surface area contributed by atoms with Crippen LogP contribution in [-0.2, 0) is 0 Å². The van der Waals surface area contributed by atoms with Crippen LogP contribution < -0.4 is 5.19 Å². The molecule has 0 bridgehead atoms. The molecule has 35 heavy (non-hydrogen) atoms. The predicted molar refractivity (Wildman–Crippen MR) is 155 cm³/mol. The molecule has 2 aromatic rings. The monoisotopic (exact) mass is 488 g/mol. The molecule has 0 unspecified atom stereocenters. The van der Waals surface area contributed by atoms with Gasteiger partial charge in [-0.25, -0.2) is 0 Å². The zero-order valence-corrected chi connectivity index (χ0v) is 21.7. The molecule has 4 aliphatic rings. The minimum Gasteiger partial charge on any atom is -0.159 e. The molecule has 172 valence electrons. The van der Waals surface area contributed by atoms with Crippen LogP contribution in [0.25, 0.3) is 33.0 Å². The van der Waals surface area contributed by atoms with Crippen molar-refractivity contribution in [3.63, 3.8) is 0 Å². The fourth-order valence-electron chi connectivity index (χ4n) is 6.01. The lowest BCUT2D eigenvalue weighted by Crippen LogP contribution is -2.50. The molecule has 4 aliphatic carbocycles. The van der Waals surface area contributed by atoms with Crippen molar-refractivity contribution in [2.24, 2.45) is 0 Å². The second-order valence-corrected chi connectivity index (χ2v) is 14.9. The number of aryl methyl sites for hydroxylation is 1. The van der Waals surface area contributed by atoms with E-state index >= 15 is 0 Å². The van der Waals surface area contributed by atoms with Crippen LogP contribution in [0.5, 0.6) is 0 Å². The van der Waals surface area contributed by atoms with E-state index in [1.807, 2.05) is 0 Å². The molecule has 0 aromatic heterocycles. The van der Waals surface area contributed by atoms with Crippen molar-refractivity contribution in [1.82, 2.24) is 0 Å². The third-order valence-electron chi connectivity index (χ3n) is 7.59. The first-order valence-electron chi connectivity index (χ1n) is 12.5. The standard InChI is InChI=1S/C33H29ClSi/c1-24-23-32-30(29-22-12-14-25-13-8-9-19-28(25)29)20-10-11-21-31(32)33(24)35(34,26-15-4-2-5-16-26)27-17-6-3-7-18-27/h4-23,26-27H,2-3H2,1H3. The quantitative estimate of drug-likeness (QED) is 0.152. The third kappa shape index (κ3) is 3.75. The molecule has 0 radical (unpaired) electrons. The van der Waals surface area contributed by atoms with Crippen LogP contribution in [0.4, 0.5) is 0 Å². The number of allylic oxidation sites excluding steroid dienone is 8. The van der Waals surface area contributed by atoms with E-state index in [-0.39, 0.29) is 11.1 Å². The van der Waals surface area contributed by atoms with Gasteiger partial charge in [0.25, 0.3) is 0 Å². The molecule has 0 spiro atoms. The van der Waals surface area contributed by atoms with Gasteiger partial charge in [-0.3, -0.25) is 0 Å². The number of halogens is 1. The van der Waals surface area contributed by atoms with Gasteiger partial charge in [0.1, 0.15) is 0 Å². The highest BCUT2D eigenvalue weighted by molar-refractivity contribution is 7.30. The van der Waals surface area contributed by atoms with Gasteiger partial charge in [0.2, 0.25) is 7.38 Å². The van der Waals surface area contributed by atoms with Crippen LogP contribution in [0.1, 0.15) is 18.4 Å². The fraction of sp³-hybridized carbons (Fsp3) is 0.152. The number of hydrogen-bond donors (Lipinski definition) is 0. The first-order valence-corrected chi connectivity index (χ1v) is 15.7. The Morgan fingerprint density at radius 2 is 1.17 bits per heavy atom. The van der Waals surface area contributed by atoms with Gasteiger partial charge in [-0.1, -0.05) is 121 Å². The van der Waals surface area contributed by atoms with E-state index in [9.17, 15) is 0 Å². The summed E-state index contributed by atoms with van der Waals surface area (Å²) in [5.41, 5.74) is 6.97. The van der Waals surface area contributed by atoms with E-state index in [4.69, 9.17) is 11.1 Å². The Kier molecular flexibility index (Phi) is 5.84. The van der Waals surface area contributed by atoms with Gasteiger partial charge in [0, 0.05) is 11.1 Å². The molecule has 0 saturated heterocycles. The first-order chi connectivity index (χ1) is 17.2. The summed E-state index contributed by atoms with van der Waals surface area (Å²) in [5, 5.41) is 3.94. The van der Waals surface area contributed by atoms with Crippen molar-refractivity contribution in [2.45, 2.75) is 30.8 Å². The molecule has 0 heterocycles. The Bertz CT molecular complexity index is 1430. The van der Waals surface area contributed by atoms with Gasteiger partial charge in [-0.2, -0.15) is 11.1 Å². The smallest absolute Gasteiger partial charge is 0.159 e. The van der Waals surface area contributed by atoms with E-state index in [2.05, 4.69) is 128 Å². The Morgan fingerprint density at radius 3 is 1.86 bits per heavy atom. The highest BCUT2D eigenvalue weighted by Gasteiger charge is 2.48. The molecule has 0 nitrogen and oxygen atoms in total. The van der Waals surface area contributed by atoms with Crippen LogP contribution in [0.3, 0.4) is 0 Å². The summed E-state index contributed by atoms with van der Waals surface area (Å²) in [6.07, 6.45) is 20.6. The maximum atomic E-state index is 8.02. The van der Waals surface area contributed by atoms with Crippen molar-refractivity contribution in [3.05, 3.63) is 127 Å². The number of fused-ring (bicyclic) bond motifs is 2. The fourth-order valence-corrected chi connectivity index (χ4v) is 11.7. The lowest BCUT2D eigenvalue weighted by Gasteiger charge is -2.37. The largest absolute Gasteiger partial charge is 0.208 e. The van der Waals surface area contributed by atoms with Gasteiger partial charge in [0.05, 0.1) is 0 Å². The minimum absolute atomic E-state index is 0.256. The van der Waals surface area contributed by atoms with Crippen LogP contribution in [0, 0.1) is 6.92 Å². The van der Waals surface area contributed by atoms with Crippen LogP contribution >= 0.6 is 11.1 Å². The zero-order valence-electron chi connectivity index (χ0n) is 20.0. The lowest BCUT2D eigenvalue weighted by molar-refractivity contribution is 1.12. The molecule has 0 saturated carbocycles. The van der Waals surface area contributed by atoms with Crippen LogP contribution in [0.15, 0.2) is 121 Å². The SMILES string of the molecule is Cc1cc2c(-c3cccc4ccccc34)ccccc-2c1[Si](Cl)(C1C=CCC=C1)C1C=CCC=C1. The molecule has 0 aliphatic heterocycles. The average Bonchev–Trinajstić information content (AvgIpc) is 3.11. The van der Waals surface area contributed by atoms with Crippen molar-refractivity contribution in [1.29, 1.82) is 0 Å². The van der Waals surface area contributed by atoms with Gasteiger partial charge in [0.15, 0.2) is 0 Å². The van der Waals surface area contributed by atoms with Crippen molar-refractivity contribution in [3.8, 4) is 22.3 Å². The lowest BCUT2D eigenvalue weighted by atomic mass is 9.95. The molecule has 0 amide bonds. The maximum Gasteiger partial charge on any atom is 0.208 e. The van der Waals surface area contributed by atoms with Crippen molar-refractivity contribution in [2.75, 3.05) is 0 Å². The number of hydrogen-bond acceptors (Lipinski definition) is 0. The van der Waals surface area contributed by atoms with E-state index in [0.717, 1.165) is 12.8 Å². The Labute approximate surface area is 214 Å². The van der Waals surface area contributed by atoms with Crippen LogP contribution in [-0.4, -0.2) is 7.38 Å². The second kappa shape index (κ2) is 9.15. The van der Waals surface area contributed by atoms with E-state index in [0.29, 0.717) is 0 Å². The highest BCUT2D eigenvalue weighted by atomic mass is 35.6. The summed E-state index contributed by atoms with van der Waals surface area (Å²) in [7, 11) is -2.57. The molecule has 2 aromatic carbocycles. The topological polar surface area (TPSA) is 0 Å². The summed E-state index contributed by atoms with van der Waals surface area (Å²) in [4.78, 5) is 0. The molecular weight excluding hydrogens is 460 g/mol. The minimum atomic E-state index is -2.57. The molecule has 0 N–H and O–H groups in total. The van der Waals surface area contributed by atoms with Gasteiger partial charge in [-0.05, 0) is 63.5 Å². The normalized spacial score (nSPS) is 16.5. The number of rotatable bonds is 4. The van der Waals surface area contributed by atoms with Crippen molar-refractivity contribution < 1.29 is 0 Å². The van der Waals surface area contributed by atoms with E-state index in [1.54, 1.807) is 0 Å². The molecule has 6 rings (SSSR count). The Balaban J connectivity index is 1.60. The third-order valence-corrected chi connectivity index (χ3v) is 13.8. The van der Waals surface area contributed by atoms with Gasteiger partial charge >= 0.3 is 0 Å². The highest BCUT2D eigenvalue weighted by Crippen LogP contribution is 2.47. The molecule has 0 fully saturated rings. The average molecular weight is 489 g/mol. The number of benzene rings is 2. The second-order valence-electron chi connectivity index (χ2n) is 9.69. The van der Waals surface area contributed by atoms with Crippen molar-refractivity contribution >= 4 is 34.4 Å². The Hall–Kier alpha value is -3.13.